The second-order valence-corrected chi connectivity index (χ2v) is 9.08. The number of aryl methyl sites for hydroxylation is 1. The molecule has 2 aromatic carbocycles. The normalized spacial score (nSPS) is 13.8. The highest BCUT2D eigenvalue weighted by Crippen LogP contribution is 2.28. The van der Waals surface area contributed by atoms with Crippen molar-refractivity contribution in [2.75, 3.05) is 57.2 Å². The lowest BCUT2D eigenvalue weighted by Crippen LogP contribution is -2.38. The Morgan fingerprint density at radius 1 is 1.12 bits per heavy atom. The monoisotopic (exact) mass is 481 g/mol. The van der Waals surface area contributed by atoms with Crippen molar-refractivity contribution in [1.29, 1.82) is 0 Å². The first-order valence-corrected chi connectivity index (χ1v) is 12.4. The maximum absolute atomic E-state index is 13.2. The molecule has 0 aliphatic carbocycles. The van der Waals surface area contributed by atoms with Gasteiger partial charge in [-0.05, 0) is 30.2 Å². The summed E-state index contributed by atoms with van der Waals surface area (Å²) in [6.45, 7) is 6.48. The van der Waals surface area contributed by atoms with Crippen molar-refractivity contribution in [3.63, 3.8) is 0 Å². The Balaban J connectivity index is 1.54. The van der Waals surface area contributed by atoms with Crippen LogP contribution in [0.5, 0.6) is 0 Å². The van der Waals surface area contributed by atoms with Gasteiger partial charge in [-0.25, -0.2) is 0 Å². The van der Waals surface area contributed by atoms with Gasteiger partial charge in [0.05, 0.1) is 31.3 Å². The number of hydrogen-bond acceptors (Lipinski definition) is 7. The molecule has 0 unspecified atom stereocenters. The van der Waals surface area contributed by atoms with Gasteiger partial charge in [-0.15, -0.1) is 10.2 Å². The molecule has 0 saturated carbocycles. The fourth-order valence-corrected chi connectivity index (χ4v) is 4.68. The second kappa shape index (κ2) is 12.0. The van der Waals surface area contributed by atoms with E-state index in [1.165, 1.54) is 11.8 Å². The molecule has 8 nitrogen and oxygen atoms in total. The van der Waals surface area contributed by atoms with E-state index in [2.05, 4.69) is 34.2 Å². The fourth-order valence-electron chi connectivity index (χ4n) is 3.83. The molecule has 0 bridgehead atoms. The molecule has 0 N–H and O–H groups in total. The van der Waals surface area contributed by atoms with E-state index < -0.39 is 0 Å². The highest BCUT2D eigenvalue weighted by atomic mass is 32.2. The summed E-state index contributed by atoms with van der Waals surface area (Å²) in [4.78, 5) is 17.2. The van der Waals surface area contributed by atoms with E-state index in [1.807, 2.05) is 51.9 Å². The molecule has 1 saturated heterocycles. The van der Waals surface area contributed by atoms with E-state index in [0.29, 0.717) is 38.1 Å². The van der Waals surface area contributed by atoms with Gasteiger partial charge in [0.25, 0.3) is 0 Å². The predicted molar refractivity (Wildman–Crippen MR) is 134 cm³/mol. The molecule has 0 spiro atoms. The standard InChI is InChI=1S/C25H31N5O3S/c1-20-7-6-10-22(17-20)30-24(28-12-15-33-16-13-28)26-27-25(30)34-19-23(31)29(11-14-32-2)18-21-8-4-3-5-9-21/h3-10,17H,11-16,18-19H2,1-2H3. The van der Waals surface area contributed by atoms with Crippen LogP contribution in [-0.2, 0) is 20.8 Å². The third-order valence-electron chi connectivity index (χ3n) is 5.63. The van der Waals surface area contributed by atoms with Crippen molar-refractivity contribution in [3.05, 3.63) is 65.7 Å². The number of ether oxygens (including phenoxy) is 2. The summed E-state index contributed by atoms with van der Waals surface area (Å²) in [5, 5.41) is 9.68. The first-order chi connectivity index (χ1) is 16.7. The van der Waals surface area contributed by atoms with Crippen molar-refractivity contribution in [3.8, 4) is 5.69 Å². The van der Waals surface area contributed by atoms with Gasteiger partial charge in [0.1, 0.15) is 0 Å². The average molecular weight is 482 g/mol. The van der Waals surface area contributed by atoms with E-state index in [4.69, 9.17) is 9.47 Å². The second-order valence-electron chi connectivity index (χ2n) is 8.14. The molecule has 1 aliphatic rings. The molecule has 4 rings (SSSR count). The van der Waals surface area contributed by atoms with E-state index in [0.717, 1.165) is 35.9 Å². The van der Waals surface area contributed by atoms with Gasteiger partial charge in [-0.1, -0.05) is 54.2 Å². The molecular weight excluding hydrogens is 450 g/mol. The van der Waals surface area contributed by atoms with Crippen molar-refractivity contribution in [1.82, 2.24) is 19.7 Å². The van der Waals surface area contributed by atoms with Crippen LogP contribution in [0.3, 0.4) is 0 Å². The van der Waals surface area contributed by atoms with Crippen molar-refractivity contribution < 1.29 is 14.3 Å². The summed E-state index contributed by atoms with van der Waals surface area (Å²) in [5.41, 5.74) is 3.23. The van der Waals surface area contributed by atoms with Crippen LogP contribution in [0.1, 0.15) is 11.1 Å². The average Bonchev–Trinajstić information content (AvgIpc) is 3.30. The minimum absolute atomic E-state index is 0.0395. The molecule has 180 valence electrons. The lowest BCUT2D eigenvalue weighted by molar-refractivity contribution is -0.129. The lowest BCUT2D eigenvalue weighted by atomic mass is 10.2. The van der Waals surface area contributed by atoms with Gasteiger partial charge < -0.3 is 19.3 Å². The summed E-state index contributed by atoms with van der Waals surface area (Å²) in [7, 11) is 1.65. The lowest BCUT2D eigenvalue weighted by Gasteiger charge is -2.28. The summed E-state index contributed by atoms with van der Waals surface area (Å²) >= 11 is 1.41. The number of thioether (sulfide) groups is 1. The van der Waals surface area contributed by atoms with Crippen LogP contribution in [0.15, 0.2) is 59.8 Å². The first kappa shape index (κ1) is 24.3. The SMILES string of the molecule is COCCN(Cc1ccccc1)C(=O)CSc1nnc(N2CCOCC2)n1-c1cccc(C)c1. The Morgan fingerprint density at radius 3 is 2.65 bits per heavy atom. The molecule has 2 heterocycles. The van der Waals surface area contributed by atoms with E-state index in [-0.39, 0.29) is 11.7 Å². The number of amides is 1. The number of aromatic nitrogens is 3. The Bertz CT molecular complexity index is 1070. The Kier molecular flexibility index (Phi) is 8.56. The van der Waals surface area contributed by atoms with Crippen LogP contribution in [0, 0.1) is 6.92 Å². The number of nitrogens with zero attached hydrogens (tertiary/aromatic N) is 5. The topological polar surface area (TPSA) is 72.7 Å². The van der Waals surface area contributed by atoms with E-state index in [9.17, 15) is 4.79 Å². The summed E-state index contributed by atoms with van der Waals surface area (Å²) in [5.74, 6) is 1.09. The Labute approximate surface area is 204 Å². The largest absolute Gasteiger partial charge is 0.383 e. The molecule has 1 aliphatic heterocycles. The zero-order chi connectivity index (χ0) is 23.8. The first-order valence-electron chi connectivity index (χ1n) is 11.4. The fraction of sp³-hybridized carbons (Fsp3) is 0.400. The molecule has 1 amide bonds. The predicted octanol–water partition coefficient (Wildman–Crippen LogP) is 3.18. The molecular formula is C25H31N5O3S. The minimum Gasteiger partial charge on any atom is -0.383 e. The zero-order valence-electron chi connectivity index (χ0n) is 19.7. The van der Waals surface area contributed by atoms with Crippen molar-refractivity contribution in [2.24, 2.45) is 0 Å². The van der Waals surface area contributed by atoms with Gasteiger partial charge in [0.15, 0.2) is 5.16 Å². The molecule has 0 atom stereocenters. The van der Waals surface area contributed by atoms with Gasteiger partial charge in [-0.2, -0.15) is 0 Å². The van der Waals surface area contributed by atoms with Crippen LogP contribution in [0.25, 0.3) is 5.69 Å². The number of anilines is 1. The summed E-state index contributed by atoms with van der Waals surface area (Å²) < 4.78 is 12.8. The quantitative estimate of drug-likeness (QED) is 0.412. The maximum Gasteiger partial charge on any atom is 0.233 e. The number of rotatable bonds is 10. The zero-order valence-corrected chi connectivity index (χ0v) is 20.5. The molecule has 0 radical (unpaired) electrons. The molecule has 1 fully saturated rings. The number of carbonyl (C=O) groups excluding carboxylic acids is 1. The van der Waals surface area contributed by atoms with Gasteiger partial charge in [-0.3, -0.25) is 9.36 Å². The third kappa shape index (κ3) is 6.16. The van der Waals surface area contributed by atoms with E-state index >= 15 is 0 Å². The Hall–Kier alpha value is -2.88. The van der Waals surface area contributed by atoms with Gasteiger partial charge in [0, 0.05) is 33.3 Å². The molecule has 9 heteroatoms. The molecule has 1 aromatic heterocycles. The summed E-state index contributed by atoms with van der Waals surface area (Å²) in [6, 6.07) is 18.3. The highest BCUT2D eigenvalue weighted by Gasteiger charge is 2.23. The van der Waals surface area contributed by atoms with Crippen LogP contribution in [0.2, 0.25) is 0 Å². The van der Waals surface area contributed by atoms with Crippen LogP contribution >= 0.6 is 11.8 Å². The van der Waals surface area contributed by atoms with Crippen LogP contribution < -0.4 is 4.90 Å². The number of methoxy groups -OCH3 is 1. The Morgan fingerprint density at radius 2 is 1.91 bits per heavy atom. The molecule has 3 aromatic rings. The van der Waals surface area contributed by atoms with Gasteiger partial charge in [0.2, 0.25) is 11.9 Å². The molecule has 34 heavy (non-hydrogen) atoms. The van der Waals surface area contributed by atoms with Crippen molar-refractivity contribution in [2.45, 2.75) is 18.6 Å². The highest BCUT2D eigenvalue weighted by molar-refractivity contribution is 7.99. The van der Waals surface area contributed by atoms with Crippen molar-refractivity contribution >= 4 is 23.6 Å². The summed E-state index contributed by atoms with van der Waals surface area (Å²) in [6.07, 6.45) is 0. The van der Waals surface area contributed by atoms with Crippen LogP contribution in [0.4, 0.5) is 5.95 Å². The number of carbonyl (C=O) groups is 1. The van der Waals surface area contributed by atoms with Gasteiger partial charge >= 0.3 is 0 Å². The van der Waals surface area contributed by atoms with Crippen LogP contribution in [-0.4, -0.2) is 77.9 Å². The number of morpholine rings is 1. The maximum atomic E-state index is 13.2. The smallest absolute Gasteiger partial charge is 0.233 e. The number of hydrogen-bond donors (Lipinski definition) is 0. The van der Waals surface area contributed by atoms with E-state index in [1.54, 1.807) is 7.11 Å². The number of benzene rings is 2. The third-order valence-corrected chi connectivity index (χ3v) is 6.54. The minimum atomic E-state index is 0.0395.